The molecule has 0 N–H and O–H groups in total. The molecule has 6 heteroatoms. The minimum absolute atomic E-state index is 0.0809. The number of nitrogens with zero attached hydrogens (tertiary/aromatic N) is 1. The Bertz CT molecular complexity index is 735. The minimum Gasteiger partial charge on any atom is -0.462 e. The Morgan fingerprint density at radius 1 is 1.00 bits per heavy atom. The van der Waals surface area contributed by atoms with E-state index in [9.17, 15) is 13.2 Å². The monoisotopic (exact) mass is 407 g/mol. The lowest BCUT2D eigenvalue weighted by atomic mass is 10.2. The summed E-state index contributed by atoms with van der Waals surface area (Å²) in [6.07, 6.45) is 9.78. The molecule has 0 aliphatic heterocycles. The summed E-state index contributed by atoms with van der Waals surface area (Å²) in [4.78, 5) is 14.3. The molecule has 0 bridgehead atoms. The van der Waals surface area contributed by atoms with Gasteiger partial charge in [0.15, 0.2) is 4.91 Å². The zero-order valence-corrected chi connectivity index (χ0v) is 18.1. The van der Waals surface area contributed by atoms with Gasteiger partial charge in [-0.15, -0.1) is 0 Å². The average molecular weight is 408 g/mol. The highest BCUT2D eigenvalue weighted by Crippen LogP contribution is 2.20. The maximum absolute atomic E-state index is 12.9. The Morgan fingerprint density at radius 3 is 2.25 bits per heavy atom. The van der Waals surface area contributed by atoms with Gasteiger partial charge in [-0.25, -0.2) is 13.2 Å². The van der Waals surface area contributed by atoms with Crippen molar-refractivity contribution in [3.8, 4) is 0 Å². The van der Waals surface area contributed by atoms with Crippen molar-refractivity contribution in [2.75, 3.05) is 19.7 Å². The van der Waals surface area contributed by atoms with Crippen LogP contribution < -0.4 is 0 Å². The molecule has 0 radical (unpaired) electrons. The summed E-state index contributed by atoms with van der Waals surface area (Å²) in [5, 5.41) is 0. The Morgan fingerprint density at radius 2 is 1.64 bits per heavy atom. The third-order valence-corrected chi connectivity index (χ3v) is 6.16. The van der Waals surface area contributed by atoms with Crippen molar-refractivity contribution < 1.29 is 17.9 Å². The number of carbonyl (C=O) groups is 1. The fourth-order valence-corrected chi connectivity index (χ4v) is 3.93. The van der Waals surface area contributed by atoms with Crippen LogP contribution >= 0.6 is 0 Å². The predicted molar refractivity (Wildman–Crippen MR) is 113 cm³/mol. The summed E-state index contributed by atoms with van der Waals surface area (Å²) in [5.41, 5.74) is 0. The van der Waals surface area contributed by atoms with E-state index in [0.717, 1.165) is 45.2 Å². The molecule has 0 aliphatic rings. The molecule has 0 spiro atoms. The summed E-state index contributed by atoms with van der Waals surface area (Å²) < 4.78 is 31.2. The Kier molecular flexibility index (Phi) is 11.3. The molecule has 1 aromatic carbocycles. The molecule has 0 saturated carbocycles. The molecule has 0 aromatic heterocycles. The van der Waals surface area contributed by atoms with Crippen LogP contribution in [0.5, 0.6) is 0 Å². The fourth-order valence-electron chi connectivity index (χ4n) is 2.62. The van der Waals surface area contributed by atoms with Crippen LogP contribution in [-0.2, 0) is 19.4 Å². The van der Waals surface area contributed by atoms with Crippen molar-refractivity contribution in [3.63, 3.8) is 0 Å². The Balaban J connectivity index is 2.96. The lowest BCUT2D eigenvalue weighted by molar-refractivity contribution is -0.138. The van der Waals surface area contributed by atoms with Gasteiger partial charge in [-0.05, 0) is 50.8 Å². The number of hydrogen-bond donors (Lipinski definition) is 0. The van der Waals surface area contributed by atoms with Crippen LogP contribution in [0.2, 0.25) is 0 Å². The first-order chi connectivity index (χ1) is 13.5. The number of allylic oxidation sites excluding steroid dienone is 2. The van der Waals surface area contributed by atoms with Crippen molar-refractivity contribution in [3.05, 3.63) is 53.6 Å². The highest BCUT2D eigenvalue weighted by atomic mass is 32.2. The zero-order valence-electron chi connectivity index (χ0n) is 17.3. The maximum atomic E-state index is 12.9. The normalized spacial score (nSPS) is 12.3. The second-order valence-corrected chi connectivity index (χ2v) is 8.38. The van der Waals surface area contributed by atoms with Crippen LogP contribution in [0.25, 0.3) is 0 Å². The number of rotatable bonds is 13. The summed E-state index contributed by atoms with van der Waals surface area (Å²) in [6, 6.07) is 7.96. The molecule has 0 saturated heterocycles. The molecule has 0 fully saturated rings. The molecule has 1 aromatic rings. The fraction of sp³-hybridized carbons (Fsp3) is 0.500. The van der Waals surface area contributed by atoms with Crippen LogP contribution in [0.3, 0.4) is 0 Å². The molecule has 0 amide bonds. The Hall–Kier alpha value is -2.08. The van der Waals surface area contributed by atoms with E-state index in [1.54, 1.807) is 30.5 Å². The number of benzene rings is 1. The van der Waals surface area contributed by atoms with Gasteiger partial charge in [0.05, 0.1) is 11.5 Å². The SMILES string of the molecule is CCCCCCCOC(=O)C(=CC=CN(CC)CC)S(=O)(=O)c1ccccc1. The Labute approximate surface area is 170 Å². The highest BCUT2D eigenvalue weighted by Gasteiger charge is 2.27. The van der Waals surface area contributed by atoms with E-state index in [0.29, 0.717) is 0 Å². The van der Waals surface area contributed by atoms with Crippen molar-refractivity contribution in [2.45, 2.75) is 57.8 Å². The summed E-state index contributed by atoms with van der Waals surface area (Å²) in [5.74, 6) is -0.802. The molecular weight excluding hydrogens is 374 g/mol. The van der Waals surface area contributed by atoms with Crippen LogP contribution in [0.1, 0.15) is 52.9 Å². The van der Waals surface area contributed by atoms with Gasteiger partial charge >= 0.3 is 5.97 Å². The largest absolute Gasteiger partial charge is 0.462 e. The van der Waals surface area contributed by atoms with E-state index in [4.69, 9.17) is 4.74 Å². The maximum Gasteiger partial charge on any atom is 0.350 e. The van der Waals surface area contributed by atoms with E-state index in [2.05, 4.69) is 6.92 Å². The van der Waals surface area contributed by atoms with Gasteiger partial charge < -0.3 is 9.64 Å². The van der Waals surface area contributed by atoms with E-state index < -0.39 is 15.8 Å². The van der Waals surface area contributed by atoms with E-state index in [1.165, 1.54) is 18.2 Å². The van der Waals surface area contributed by atoms with E-state index >= 15 is 0 Å². The number of hydrogen-bond acceptors (Lipinski definition) is 5. The van der Waals surface area contributed by atoms with Gasteiger partial charge in [0.2, 0.25) is 9.84 Å². The molecule has 28 heavy (non-hydrogen) atoms. The molecule has 0 atom stereocenters. The molecule has 5 nitrogen and oxygen atoms in total. The lowest BCUT2D eigenvalue weighted by Gasteiger charge is -2.14. The van der Waals surface area contributed by atoms with E-state index in [-0.39, 0.29) is 16.4 Å². The van der Waals surface area contributed by atoms with Gasteiger partial charge in [-0.3, -0.25) is 0 Å². The number of carbonyl (C=O) groups excluding carboxylic acids is 1. The second kappa shape index (κ2) is 13.2. The minimum atomic E-state index is -3.95. The van der Waals surface area contributed by atoms with Crippen molar-refractivity contribution >= 4 is 15.8 Å². The lowest BCUT2D eigenvalue weighted by Crippen LogP contribution is -2.18. The van der Waals surface area contributed by atoms with Crippen LogP contribution in [0.4, 0.5) is 0 Å². The van der Waals surface area contributed by atoms with Crippen molar-refractivity contribution in [2.24, 2.45) is 0 Å². The van der Waals surface area contributed by atoms with E-state index in [1.807, 2.05) is 18.7 Å². The van der Waals surface area contributed by atoms with Gasteiger partial charge in [0, 0.05) is 13.1 Å². The quantitative estimate of drug-likeness (QED) is 0.205. The molecule has 0 aliphatic carbocycles. The average Bonchev–Trinajstić information content (AvgIpc) is 2.71. The molecule has 156 valence electrons. The third-order valence-electron chi connectivity index (χ3n) is 4.38. The topological polar surface area (TPSA) is 63.7 Å². The molecular formula is C22H33NO4S. The highest BCUT2D eigenvalue weighted by molar-refractivity contribution is 7.96. The third kappa shape index (κ3) is 7.89. The zero-order chi connectivity index (χ0) is 20.8. The van der Waals surface area contributed by atoms with Crippen molar-refractivity contribution in [1.82, 2.24) is 4.90 Å². The predicted octanol–water partition coefficient (Wildman–Crippen LogP) is 4.71. The van der Waals surface area contributed by atoms with Crippen molar-refractivity contribution in [1.29, 1.82) is 0 Å². The number of sulfone groups is 1. The smallest absolute Gasteiger partial charge is 0.350 e. The first kappa shape index (κ1) is 24.0. The first-order valence-electron chi connectivity index (χ1n) is 10.1. The summed E-state index contributed by atoms with van der Waals surface area (Å²) >= 11 is 0. The standard InChI is InChI=1S/C22H33NO4S/c1-4-7-8-9-13-19-27-22(24)21(17-14-18-23(5-2)6-3)28(25,26)20-15-11-10-12-16-20/h10-12,14-18H,4-9,13,19H2,1-3H3. The summed E-state index contributed by atoms with van der Waals surface area (Å²) in [6.45, 7) is 7.97. The number of esters is 1. The van der Waals surface area contributed by atoms with Gasteiger partial charge in [-0.1, -0.05) is 50.8 Å². The van der Waals surface area contributed by atoms with Crippen LogP contribution in [0, 0.1) is 0 Å². The number of unbranched alkanes of at least 4 members (excludes halogenated alkanes) is 4. The second-order valence-electron chi connectivity index (χ2n) is 6.46. The molecule has 0 unspecified atom stereocenters. The molecule has 0 heterocycles. The van der Waals surface area contributed by atoms with Gasteiger partial charge in [-0.2, -0.15) is 0 Å². The number of ether oxygens (including phenoxy) is 1. The van der Waals surface area contributed by atoms with Crippen LogP contribution in [0.15, 0.2) is 58.5 Å². The van der Waals surface area contributed by atoms with Gasteiger partial charge in [0.25, 0.3) is 0 Å². The first-order valence-corrected chi connectivity index (χ1v) is 11.5. The van der Waals surface area contributed by atoms with Gasteiger partial charge in [0.1, 0.15) is 0 Å². The van der Waals surface area contributed by atoms with Crippen LogP contribution in [-0.4, -0.2) is 39.0 Å². The summed E-state index contributed by atoms with van der Waals surface area (Å²) in [7, 11) is -3.95. The molecule has 1 rings (SSSR count).